The summed E-state index contributed by atoms with van der Waals surface area (Å²) < 4.78 is 11.7. The molecule has 2 atom stereocenters. The highest BCUT2D eigenvalue weighted by Gasteiger charge is 2.23. The van der Waals surface area contributed by atoms with Gasteiger partial charge in [-0.1, -0.05) is 247 Å². The van der Waals surface area contributed by atoms with Crippen molar-refractivity contribution in [3.05, 3.63) is 0 Å². The van der Waals surface area contributed by atoms with Crippen LogP contribution in [-0.2, 0) is 23.9 Å². The molecule has 0 aliphatic heterocycles. The highest BCUT2D eigenvalue weighted by molar-refractivity contribution is 5.76. The van der Waals surface area contributed by atoms with Crippen LogP contribution in [0.4, 0.5) is 0 Å². The molecule has 0 aromatic carbocycles. The molecule has 7 heteroatoms. The third-order valence-corrected chi connectivity index (χ3v) is 15.0. The van der Waals surface area contributed by atoms with Gasteiger partial charge in [-0.2, -0.15) is 0 Å². The van der Waals surface area contributed by atoms with Crippen LogP contribution in [0, 0.1) is 11.8 Å². The molecule has 1 amide bonds. The van der Waals surface area contributed by atoms with Gasteiger partial charge in [-0.3, -0.25) is 14.4 Å². The van der Waals surface area contributed by atoms with E-state index in [0.29, 0.717) is 50.2 Å². The Labute approximate surface area is 431 Å². The fourth-order valence-electron chi connectivity index (χ4n) is 10.3. The number of unbranched alkanes of at least 4 members (excludes halogenated alkanes) is 27. The Bertz CT molecular complexity index is 1090. The van der Waals surface area contributed by atoms with E-state index >= 15 is 0 Å². The Morgan fingerprint density at radius 3 is 1.13 bits per heavy atom. The molecule has 0 aromatic heterocycles. The first-order valence-electron chi connectivity index (χ1n) is 31.0. The third kappa shape index (κ3) is 45.9. The summed E-state index contributed by atoms with van der Waals surface area (Å²) in [6.45, 7) is 14.4. The fraction of sp³-hybridized carbons (Fsp3) is 0.952. The van der Waals surface area contributed by atoms with Crippen LogP contribution in [0.15, 0.2) is 0 Å². The molecule has 0 radical (unpaired) electrons. The zero-order chi connectivity index (χ0) is 50.7. The van der Waals surface area contributed by atoms with E-state index in [2.05, 4.69) is 58.5 Å². The predicted octanol–water partition coefficient (Wildman–Crippen LogP) is 18.7. The SMILES string of the molecule is CCCCCCCCCCC(CCCCCCC(=O)OCC(CCCCCC)CCCCCCCC)N(CCCN(C)C)C(=O)CCCCCCC(=O)OCCC(CCCCCC)CCCCCC. The molecule has 0 heterocycles. The zero-order valence-corrected chi connectivity index (χ0v) is 47.8. The lowest BCUT2D eigenvalue weighted by Gasteiger charge is -2.33. The van der Waals surface area contributed by atoms with Crippen molar-refractivity contribution in [2.24, 2.45) is 11.8 Å². The molecule has 0 aromatic rings. The highest BCUT2D eigenvalue weighted by Crippen LogP contribution is 2.25. The normalized spacial score (nSPS) is 12.5. The van der Waals surface area contributed by atoms with Crippen LogP contribution in [0.25, 0.3) is 0 Å². The zero-order valence-electron chi connectivity index (χ0n) is 47.8. The number of hydrogen-bond donors (Lipinski definition) is 0. The average Bonchev–Trinajstić information content (AvgIpc) is 3.33. The van der Waals surface area contributed by atoms with Crippen molar-refractivity contribution in [2.75, 3.05) is 40.4 Å². The molecule has 7 nitrogen and oxygen atoms in total. The maximum Gasteiger partial charge on any atom is 0.305 e. The summed E-state index contributed by atoms with van der Waals surface area (Å²) in [5.41, 5.74) is 0. The Hall–Kier alpha value is -1.63. The number of rotatable bonds is 55. The molecule has 410 valence electrons. The smallest absolute Gasteiger partial charge is 0.305 e. The van der Waals surface area contributed by atoms with Crippen LogP contribution in [-0.4, -0.2) is 74.1 Å². The van der Waals surface area contributed by atoms with Crippen molar-refractivity contribution in [1.82, 2.24) is 9.80 Å². The second-order valence-corrected chi connectivity index (χ2v) is 22.1. The first-order chi connectivity index (χ1) is 33.7. The fourth-order valence-corrected chi connectivity index (χ4v) is 10.3. The molecular formula is C62H122N2O5. The molecule has 0 rings (SSSR count). The topological polar surface area (TPSA) is 76.2 Å². The molecule has 0 bridgehead atoms. The number of nitrogens with zero attached hydrogens (tertiary/aromatic N) is 2. The molecule has 0 aliphatic carbocycles. The minimum Gasteiger partial charge on any atom is -0.466 e. The number of carbonyl (C=O) groups is 3. The largest absolute Gasteiger partial charge is 0.466 e. The molecule has 0 saturated heterocycles. The minimum absolute atomic E-state index is 0.0121. The van der Waals surface area contributed by atoms with E-state index in [1.165, 1.54) is 193 Å². The maximum absolute atomic E-state index is 14.1. The van der Waals surface area contributed by atoms with E-state index in [4.69, 9.17) is 9.47 Å². The van der Waals surface area contributed by atoms with Gasteiger partial charge < -0.3 is 19.3 Å². The van der Waals surface area contributed by atoms with Gasteiger partial charge in [-0.05, 0) is 90.3 Å². The Balaban J connectivity index is 5.12. The van der Waals surface area contributed by atoms with E-state index in [1.54, 1.807) is 0 Å². The van der Waals surface area contributed by atoms with Crippen LogP contribution in [0.2, 0.25) is 0 Å². The molecule has 0 fully saturated rings. The molecule has 69 heavy (non-hydrogen) atoms. The third-order valence-electron chi connectivity index (χ3n) is 15.0. The summed E-state index contributed by atoms with van der Waals surface area (Å²) in [4.78, 5) is 44.2. The summed E-state index contributed by atoms with van der Waals surface area (Å²) in [7, 11) is 4.25. The lowest BCUT2D eigenvalue weighted by Crippen LogP contribution is -2.41. The van der Waals surface area contributed by atoms with Gasteiger partial charge in [0.25, 0.3) is 0 Å². The van der Waals surface area contributed by atoms with Crippen molar-refractivity contribution < 1.29 is 23.9 Å². The van der Waals surface area contributed by atoms with Crippen LogP contribution in [0.3, 0.4) is 0 Å². The van der Waals surface area contributed by atoms with Crippen molar-refractivity contribution >= 4 is 17.8 Å². The van der Waals surface area contributed by atoms with Gasteiger partial charge in [-0.15, -0.1) is 0 Å². The summed E-state index contributed by atoms with van der Waals surface area (Å²) >= 11 is 0. The number of hydrogen-bond acceptors (Lipinski definition) is 6. The Morgan fingerprint density at radius 1 is 0.348 bits per heavy atom. The minimum atomic E-state index is -0.0479. The highest BCUT2D eigenvalue weighted by atomic mass is 16.5. The van der Waals surface area contributed by atoms with E-state index in [9.17, 15) is 14.4 Å². The van der Waals surface area contributed by atoms with Crippen molar-refractivity contribution in [3.63, 3.8) is 0 Å². The van der Waals surface area contributed by atoms with Gasteiger partial charge in [-0.25, -0.2) is 0 Å². The van der Waals surface area contributed by atoms with E-state index < -0.39 is 0 Å². The van der Waals surface area contributed by atoms with Crippen molar-refractivity contribution in [3.8, 4) is 0 Å². The second-order valence-electron chi connectivity index (χ2n) is 22.1. The maximum atomic E-state index is 14.1. The van der Waals surface area contributed by atoms with Crippen LogP contribution in [0.5, 0.6) is 0 Å². The van der Waals surface area contributed by atoms with Crippen molar-refractivity contribution in [1.29, 1.82) is 0 Å². The Morgan fingerprint density at radius 2 is 0.696 bits per heavy atom. The number of esters is 2. The quantitative estimate of drug-likeness (QED) is 0.0446. The van der Waals surface area contributed by atoms with Crippen LogP contribution in [0.1, 0.15) is 324 Å². The van der Waals surface area contributed by atoms with Gasteiger partial charge in [0, 0.05) is 31.8 Å². The van der Waals surface area contributed by atoms with Gasteiger partial charge >= 0.3 is 11.9 Å². The summed E-state index contributed by atoms with van der Waals surface area (Å²) in [5, 5.41) is 0. The van der Waals surface area contributed by atoms with E-state index in [0.717, 1.165) is 90.1 Å². The standard InChI is InChI=1S/C62H122N2O5/c1-8-13-18-23-25-26-28-37-47-59(48-38-29-31-41-51-62(67)69-56-58(45-35-22-17-12-5)46-36-27-24-19-14-9-2)64(54-42-53-63(6)7)60(65)49-39-30-32-40-50-61(66)68-55-52-57(43-33-20-15-10-3)44-34-21-16-11-4/h57-59H,8-56H2,1-7H3. The molecule has 0 aliphatic rings. The van der Waals surface area contributed by atoms with Gasteiger partial charge in [0.1, 0.15) is 0 Å². The molecule has 0 saturated carbocycles. The molecule has 0 spiro atoms. The summed E-state index contributed by atoms with van der Waals surface area (Å²) in [6.07, 6.45) is 52.3. The number of ether oxygens (including phenoxy) is 2. The summed E-state index contributed by atoms with van der Waals surface area (Å²) in [6, 6.07) is 0.285. The number of amides is 1. The first-order valence-corrected chi connectivity index (χ1v) is 31.0. The monoisotopic (exact) mass is 975 g/mol. The second kappa shape index (κ2) is 52.7. The van der Waals surface area contributed by atoms with Crippen LogP contribution >= 0.6 is 0 Å². The lowest BCUT2D eigenvalue weighted by atomic mass is 9.92. The molecule has 0 N–H and O–H groups in total. The van der Waals surface area contributed by atoms with Gasteiger partial charge in [0.05, 0.1) is 13.2 Å². The van der Waals surface area contributed by atoms with E-state index in [-0.39, 0.29) is 18.0 Å². The van der Waals surface area contributed by atoms with E-state index in [1.807, 2.05) is 0 Å². The molecule has 2 unspecified atom stereocenters. The average molecular weight is 976 g/mol. The Kier molecular flexibility index (Phi) is 51.4. The van der Waals surface area contributed by atoms with Gasteiger partial charge in [0.15, 0.2) is 0 Å². The van der Waals surface area contributed by atoms with Crippen molar-refractivity contribution in [2.45, 2.75) is 330 Å². The predicted molar refractivity (Wildman–Crippen MR) is 299 cm³/mol. The van der Waals surface area contributed by atoms with Gasteiger partial charge in [0.2, 0.25) is 5.91 Å². The number of carbonyl (C=O) groups excluding carboxylic acids is 3. The lowest BCUT2D eigenvalue weighted by molar-refractivity contribution is -0.145. The molecular weight excluding hydrogens is 853 g/mol. The van der Waals surface area contributed by atoms with Crippen LogP contribution < -0.4 is 0 Å². The summed E-state index contributed by atoms with van der Waals surface area (Å²) in [5.74, 6) is 1.45. The first kappa shape index (κ1) is 67.4.